The fourth-order valence-electron chi connectivity index (χ4n) is 2.96. The Hall–Kier alpha value is -3.44. The van der Waals surface area contributed by atoms with E-state index in [4.69, 9.17) is 16.0 Å². The number of halogens is 1. The van der Waals surface area contributed by atoms with E-state index in [1.165, 1.54) is 12.3 Å². The first-order valence-corrected chi connectivity index (χ1v) is 8.95. The molecular weight excluding hydrogens is 376 g/mol. The first-order valence-electron chi connectivity index (χ1n) is 8.57. The molecule has 2 heterocycles. The Morgan fingerprint density at radius 1 is 1.00 bits per heavy atom. The molecule has 0 radical (unpaired) electrons. The average molecular weight is 391 g/mol. The van der Waals surface area contributed by atoms with Crippen molar-refractivity contribution in [3.05, 3.63) is 93.4 Å². The number of aromatic nitrogens is 1. The number of rotatable bonds is 3. The van der Waals surface area contributed by atoms with Crippen LogP contribution in [0.1, 0.15) is 15.9 Å². The number of carbonyl (C=O) groups excluding carboxylic acids is 1. The molecule has 1 N–H and O–H groups in total. The van der Waals surface area contributed by atoms with Gasteiger partial charge in [-0.2, -0.15) is 0 Å². The normalized spacial score (nSPS) is 10.8. The van der Waals surface area contributed by atoms with E-state index < -0.39 is 0 Å². The lowest BCUT2D eigenvalue weighted by Gasteiger charge is -2.07. The van der Waals surface area contributed by atoms with E-state index in [0.29, 0.717) is 22.0 Å². The van der Waals surface area contributed by atoms with Gasteiger partial charge in [-0.1, -0.05) is 35.9 Å². The topological polar surface area (TPSA) is 72.2 Å². The predicted octanol–water partition coefficient (Wildman–Crippen LogP) is 5.07. The van der Waals surface area contributed by atoms with Crippen LogP contribution in [-0.4, -0.2) is 10.9 Å². The molecule has 2 aromatic heterocycles. The van der Waals surface area contributed by atoms with Crippen molar-refractivity contribution in [2.24, 2.45) is 0 Å². The summed E-state index contributed by atoms with van der Waals surface area (Å²) >= 11 is 5.80. The highest BCUT2D eigenvalue weighted by Gasteiger charge is 2.09. The molecule has 0 fully saturated rings. The molecule has 4 rings (SSSR count). The molecule has 0 saturated carbocycles. The van der Waals surface area contributed by atoms with Crippen molar-refractivity contribution in [2.75, 3.05) is 5.32 Å². The van der Waals surface area contributed by atoms with Crippen molar-refractivity contribution in [3.63, 3.8) is 0 Å². The van der Waals surface area contributed by atoms with E-state index >= 15 is 0 Å². The first-order chi connectivity index (χ1) is 13.5. The summed E-state index contributed by atoms with van der Waals surface area (Å²) < 4.78 is 5.31. The third-order valence-corrected chi connectivity index (χ3v) is 4.62. The van der Waals surface area contributed by atoms with Crippen LogP contribution in [0.2, 0.25) is 5.02 Å². The molecule has 138 valence electrons. The summed E-state index contributed by atoms with van der Waals surface area (Å²) in [5, 5.41) is 4.12. The van der Waals surface area contributed by atoms with Crippen molar-refractivity contribution in [1.29, 1.82) is 0 Å². The third-order valence-electron chi connectivity index (χ3n) is 4.40. The van der Waals surface area contributed by atoms with Gasteiger partial charge in [0.05, 0.1) is 5.02 Å². The third kappa shape index (κ3) is 3.66. The van der Waals surface area contributed by atoms with Gasteiger partial charge in [-0.15, -0.1) is 0 Å². The van der Waals surface area contributed by atoms with Gasteiger partial charge >= 0.3 is 5.63 Å². The van der Waals surface area contributed by atoms with Gasteiger partial charge in [-0.25, -0.2) is 9.78 Å². The minimum atomic E-state index is -0.370. The number of fused-ring (bicyclic) bond motifs is 1. The maximum atomic E-state index is 12.4. The number of hydrogen-bond acceptors (Lipinski definition) is 4. The Bertz CT molecular complexity index is 1230. The highest BCUT2D eigenvalue weighted by molar-refractivity contribution is 6.30. The van der Waals surface area contributed by atoms with Gasteiger partial charge in [0.1, 0.15) is 11.4 Å². The molecule has 0 saturated heterocycles. The summed E-state index contributed by atoms with van der Waals surface area (Å²) in [6.45, 7) is 1.88. The molecule has 4 aromatic rings. The second-order valence-electron chi connectivity index (χ2n) is 6.35. The van der Waals surface area contributed by atoms with Gasteiger partial charge in [-0.05, 0) is 53.9 Å². The number of nitrogens with one attached hydrogen (secondary N) is 1. The van der Waals surface area contributed by atoms with Crippen LogP contribution >= 0.6 is 11.6 Å². The lowest BCUT2D eigenvalue weighted by atomic mass is 10.0. The van der Waals surface area contributed by atoms with Gasteiger partial charge in [-0.3, -0.25) is 4.79 Å². The Balaban J connectivity index is 1.59. The fourth-order valence-corrected chi connectivity index (χ4v) is 3.07. The number of nitrogens with zero attached hydrogens (tertiary/aromatic N) is 1. The zero-order chi connectivity index (χ0) is 19.7. The standard InChI is InChI=1S/C22H15ClN2O3/c1-13-10-21(26)28-19-11-16(6-8-18(13)19)14-2-4-15(5-3-14)22(27)25-20-9-7-17(23)12-24-20/h2-12H,1H3,(H,24,25,27). The van der Waals surface area contributed by atoms with Crippen LogP contribution in [0.3, 0.4) is 0 Å². The molecule has 5 nitrogen and oxygen atoms in total. The number of benzene rings is 2. The molecule has 0 bridgehead atoms. The van der Waals surface area contributed by atoms with Crippen LogP contribution in [0.4, 0.5) is 5.82 Å². The lowest BCUT2D eigenvalue weighted by Crippen LogP contribution is -2.12. The quantitative estimate of drug-likeness (QED) is 0.496. The zero-order valence-corrected chi connectivity index (χ0v) is 15.7. The van der Waals surface area contributed by atoms with Gasteiger partial charge in [0, 0.05) is 23.2 Å². The van der Waals surface area contributed by atoms with Crippen molar-refractivity contribution in [2.45, 2.75) is 6.92 Å². The highest BCUT2D eigenvalue weighted by atomic mass is 35.5. The minimum absolute atomic E-state index is 0.262. The van der Waals surface area contributed by atoms with Crippen LogP contribution in [0.5, 0.6) is 0 Å². The number of anilines is 1. The summed E-state index contributed by atoms with van der Waals surface area (Å²) in [4.78, 5) is 28.0. The van der Waals surface area contributed by atoms with Gasteiger partial charge in [0.25, 0.3) is 5.91 Å². The number of hydrogen-bond donors (Lipinski definition) is 1. The molecule has 0 unspecified atom stereocenters. The monoisotopic (exact) mass is 390 g/mol. The number of amides is 1. The largest absolute Gasteiger partial charge is 0.423 e. The molecule has 0 aliphatic rings. The SMILES string of the molecule is Cc1cc(=O)oc2cc(-c3ccc(C(=O)Nc4ccc(Cl)cn4)cc3)ccc12. The fraction of sp³-hybridized carbons (Fsp3) is 0.0455. The van der Waals surface area contributed by atoms with E-state index in [9.17, 15) is 9.59 Å². The summed E-state index contributed by atoms with van der Waals surface area (Å²) in [7, 11) is 0. The average Bonchev–Trinajstić information content (AvgIpc) is 2.69. The predicted molar refractivity (Wildman–Crippen MR) is 110 cm³/mol. The minimum Gasteiger partial charge on any atom is -0.423 e. The number of pyridine rings is 1. The first kappa shape index (κ1) is 17.9. The summed E-state index contributed by atoms with van der Waals surface area (Å²) in [5.41, 5.74) is 3.35. The molecule has 1 amide bonds. The van der Waals surface area contributed by atoms with Crippen LogP contribution < -0.4 is 10.9 Å². The van der Waals surface area contributed by atoms with E-state index in [-0.39, 0.29) is 11.5 Å². The van der Waals surface area contributed by atoms with E-state index in [1.54, 1.807) is 24.3 Å². The Labute approximate surface area is 165 Å². The Morgan fingerprint density at radius 3 is 2.46 bits per heavy atom. The van der Waals surface area contributed by atoms with Crippen molar-refractivity contribution in [3.8, 4) is 11.1 Å². The van der Waals surface area contributed by atoms with Crippen molar-refractivity contribution < 1.29 is 9.21 Å². The summed E-state index contributed by atoms with van der Waals surface area (Å²) in [6, 6.07) is 17.7. The zero-order valence-electron chi connectivity index (χ0n) is 14.9. The van der Waals surface area contributed by atoms with E-state index in [1.807, 2.05) is 37.3 Å². The van der Waals surface area contributed by atoms with E-state index in [0.717, 1.165) is 22.1 Å². The van der Waals surface area contributed by atoms with Crippen LogP contribution in [-0.2, 0) is 0 Å². The number of carbonyl (C=O) groups is 1. The van der Waals surface area contributed by atoms with Crippen LogP contribution in [0.15, 0.2) is 76.1 Å². The van der Waals surface area contributed by atoms with Crippen LogP contribution in [0.25, 0.3) is 22.1 Å². The molecule has 6 heteroatoms. The summed E-state index contributed by atoms with van der Waals surface area (Å²) in [6.07, 6.45) is 1.47. The summed E-state index contributed by atoms with van der Waals surface area (Å²) in [5.74, 6) is 0.167. The van der Waals surface area contributed by atoms with Crippen molar-refractivity contribution >= 4 is 34.3 Å². The maximum absolute atomic E-state index is 12.4. The molecule has 0 spiro atoms. The molecule has 2 aromatic carbocycles. The van der Waals surface area contributed by atoms with Crippen molar-refractivity contribution in [1.82, 2.24) is 4.98 Å². The molecule has 28 heavy (non-hydrogen) atoms. The lowest BCUT2D eigenvalue weighted by molar-refractivity contribution is 0.102. The second-order valence-corrected chi connectivity index (χ2v) is 6.79. The maximum Gasteiger partial charge on any atom is 0.336 e. The smallest absolute Gasteiger partial charge is 0.336 e. The van der Waals surface area contributed by atoms with E-state index in [2.05, 4.69) is 10.3 Å². The van der Waals surface area contributed by atoms with Gasteiger partial charge in [0.15, 0.2) is 0 Å². The second kappa shape index (κ2) is 7.29. The molecule has 0 aliphatic carbocycles. The Morgan fingerprint density at radius 2 is 1.75 bits per heavy atom. The van der Waals surface area contributed by atoms with Gasteiger partial charge < -0.3 is 9.73 Å². The number of aryl methyl sites for hydroxylation is 1. The molecule has 0 atom stereocenters. The molecule has 0 aliphatic heterocycles. The molecular formula is C22H15ClN2O3. The Kier molecular flexibility index (Phi) is 4.67. The van der Waals surface area contributed by atoms with Gasteiger partial charge in [0.2, 0.25) is 0 Å². The highest BCUT2D eigenvalue weighted by Crippen LogP contribution is 2.26. The van der Waals surface area contributed by atoms with Crippen LogP contribution in [0, 0.1) is 6.92 Å².